The minimum absolute atomic E-state index is 0. The Labute approximate surface area is 137 Å². The smallest absolute Gasteiger partial charge is 0.239 e. The van der Waals surface area contributed by atoms with Crippen LogP contribution in [0.2, 0.25) is 0 Å². The standard InChI is InChI=1S/C16H23N3O2.ClH/c17-10-13-7-4-8-14(13)19-16(21)11-18-15(20)9-12-5-2-1-3-6-12;/h1-3,5-6,13-14H,4,7-11,17H2,(H,18,20)(H,19,21);1H. The SMILES string of the molecule is Cl.NCC1CCCC1NC(=O)CNC(=O)Cc1ccccc1. The number of benzene rings is 1. The summed E-state index contributed by atoms with van der Waals surface area (Å²) >= 11 is 0. The molecule has 2 atom stereocenters. The molecule has 0 spiro atoms. The van der Waals surface area contributed by atoms with Crippen LogP contribution in [0.25, 0.3) is 0 Å². The van der Waals surface area contributed by atoms with Gasteiger partial charge in [-0.25, -0.2) is 0 Å². The molecule has 5 nitrogen and oxygen atoms in total. The molecule has 1 fully saturated rings. The first-order valence-electron chi connectivity index (χ1n) is 7.49. The molecule has 0 aromatic heterocycles. The molecule has 2 unspecified atom stereocenters. The third kappa shape index (κ3) is 5.66. The number of rotatable bonds is 6. The van der Waals surface area contributed by atoms with Gasteiger partial charge < -0.3 is 16.4 Å². The van der Waals surface area contributed by atoms with Crippen LogP contribution in [0.1, 0.15) is 24.8 Å². The molecule has 22 heavy (non-hydrogen) atoms. The van der Waals surface area contributed by atoms with Gasteiger partial charge in [-0.05, 0) is 30.9 Å². The highest BCUT2D eigenvalue weighted by atomic mass is 35.5. The van der Waals surface area contributed by atoms with E-state index < -0.39 is 0 Å². The molecule has 0 saturated heterocycles. The van der Waals surface area contributed by atoms with Crippen LogP contribution in [-0.4, -0.2) is 30.9 Å². The maximum absolute atomic E-state index is 11.9. The summed E-state index contributed by atoms with van der Waals surface area (Å²) in [7, 11) is 0. The number of hydrogen-bond donors (Lipinski definition) is 3. The summed E-state index contributed by atoms with van der Waals surface area (Å²) in [6.45, 7) is 0.630. The van der Waals surface area contributed by atoms with Crippen LogP contribution in [0.3, 0.4) is 0 Å². The monoisotopic (exact) mass is 325 g/mol. The minimum Gasteiger partial charge on any atom is -0.352 e. The Morgan fingerprint density at radius 2 is 1.86 bits per heavy atom. The first kappa shape index (κ1) is 18.5. The van der Waals surface area contributed by atoms with Gasteiger partial charge in [-0.15, -0.1) is 12.4 Å². The lowest BCUT2D eigenvalue weighted by Gasteiger charge is -2.19. The van der Waals surface area contributed by atoms with E-state index in [1.807, 2.05) is 30.3 Å². The van der Waals surface area contributed by atoms with Crippen LogP contribution in [0.5, 0.6) is 0 Å². The van der Waals surface area contributed by atoms with E-state index in [0.717, 1.165) is 24.8 Å². The summed E-state index contributed by atoms with van der Waals surface area (Å²) in [5.74, 6) is 0.0916. The molecule has 2 rings (SSSR count). The lowest BCUT2D eigenvalue weighted by atomic mass is 10.0. The third-order valence-electron chi connectivity index (χ3n) is 3.96. The van der Waals surface area contributed by atoms with Crippen molar-refractivity contribution < 1.29 is 9.59 Å². The van der Waals surface area contributed by atoms with Crippen LogP contribution in [-0.2, 0) is 16.0 Å². The number of hydrogen-bond acceptors (Lipinski definition) is 3. The molecular weight excluding hydrogens is 302 g/mol. The van der Waals surface area contributed by atoms with E-state index in [4.69, 9.17) is 5.73 Å². The topological polar surface area (TPSA) is 84.2 Å². The molecule has 2 amide bonds. The van der Waals surface area contributed by atoms with Crippen molar-refractivity contribution in [1.82, 2.24) is 10.6 Å². The molecule has 122 valence electrons. The summed E-state index contributed by atoms with van der Waals surface area (Å²) in [5, 5.41) is 5.62. The molecule has 0 heterocycles. The van der Waals surface area contributed by atoms with Crippen molar-refractivity contribution in [2.45, 2.75) is 31.7 Å². The number of carbonyl (C=O) groups excluding carboxylic acids is 2. The second kappa shape index (κ2) is 9.43. The van der Waals surface area contributed by atoms with Gasteiger partial charge >= 0.3 is 0 Å². The fourth-order valence-corrected chi connectivity index (χ4v) is 2.79. The summed E-state index contributed by atoms with van der Waals surface area (Å²) in [5.41, 5.74) is 6.63. The normalized spacial score (nSPS) is 20.0. The van der Waals surface area contributed by atoms with Crippen molar-refractivity contribution in [2.24, 2.45) is 11.7 Å². The van der Waals surface area contributed by atoms with Crippen molar-refractivity contribution in [3.05, 3.63) is 35.9 Å². The van der Waals surface area contributed by atoms with Crippen molar-refractivity contribution >= 4 is 24.2 Å². The lowest BCUT2D eigenvalue weighted by molar-refractivity contribution is -0.126. The number of nitrogens with one attached hydrogen (secondary N) is 2. The fraction of sp³-hybridized carbons (Fsp3) is 0.500. The van der Waals surface area contributed by atoms with E-state index in [1.54, 1.807) is 0 Å². The van der Waals surface area contributed by atoms with Crippen molar-refractivity contribution in [3.8, 4) is 0 Å². The average Bonchev–Trinajstić information content (AvgIpc) is 2.93. The van der Waals surface area contributed by atoms with Crippen molar-refractivity contribution in [2.75, 3.05) is 13.1 Å². The highest BCUT2D eigenvalue weighted by Gasteiger charge is 2.27. The van der Waals surface area contributed by atoms with Crippen molar-refractivity contribution in [3.63, 3.8) is 0 Å². The Balaban J connectivity index is 0.00000242. The van der Waals surface area contributed by atoms with Gasteiger partial charge in [0.2, 0.25) is 11.8 Å². The maximum atomic E-state index is 11.9. The predicted octanol–water partition coefficient (Wildman–Crippen LogP) is 1.01. The van der Waals surface area contributed by atoms with Gasteiger partial charge in [0.05, 0.1) is 13.0 Å². The lowest BCUT2D eigenvalue weighted by Crippen LogP contribution is -2.44. The maximum Gasteiger partial charge on any atom is 0.239 e. The Hall–Kier alpha value is -1.59. The third-order valence-corrected chi connectivity index (χ3v) is 3.96. The molecule has 0 bridgehead atoms. The molecule has 1 aromatic carbocycles. The second-order valence-electron chi connectivity index (χ2n) is 5.54. The highest BCUT2D eigenvalue weighted by Crippen LogP contribution is 2.24. The van der Waals surface area contributed by atoms with E-state index in [-0.39, 0.29) is 36.8 Å². The summed E-state index contributed by atoms with van der Waals surface area (Å²) in [6.07, 6.45) is 3.45. The Morgan fingerprint density at radius 1 is 1.14 bits per heavy atom. The van der Waals surface area contributed by atoms with Crippen LogP contribution in [0.4, 0.5) is 0 Å². The molecule has 6 heteroatoms. The molecule has 1 saturated carbocycles. The van der Waals surface area contributed by atoms with Gasteiger partial charge in [0.25, 0.3) is 0 Å². The van der Waals surface area contributed by atoms with Gasteiger partial charge in [0, 0.05) is 6.04 Å². The predicted molar refractivity (Wildman–Crippen MR) is 88.7 cm³/mol. The van der Waals surface area contributed by atoms with Gasteiger partial charge in [0.15, 0.2) is 0 Å². The molecule has 1 aromatic rings. The summed E-state index contributed by atoms with van der Waals surface area (Å²) < 4.78 is 0. The largest absolute Gasteiger partial charge is 0.352 e. The summed E-state index contributed by atoms with van der Waals surface area (Å²) in [4.78, 5) is 23.6. The minimum atomic E-state index is -0.141. The number of halogens is 1. The van der Waals surface area contributed by atoms with Crippen LogP contribution in [0.15, 0.2) is 30.3 Å². The van der Waals surface area contributed by atoms with Gasteiger partial charge in [0.1, 0.15) is 0 Å². The van der Waals surface area contributed by atoms with Crippen LogP contribution in [0, 0.1) is 5.92 Å². The highest BCUT2D eigenvalue weighted by molar-refractivity contribution is 5.86. The fourth-order valence-electron chi connectivity index (χ4n) is 2.79. The van der Waals surface area contributed by atoms with Gasteiger partial charge in [-0.1, -0.05) is 36.8 Å². The molecule has 0 aliphatic heterocycles. The summed E-state index contributed by atoms with van der Waals surface area (Å²) in [6, 6.07) is 9.64. The van der Waals surface area contributed by atoms with Gasteiger partial charge in [-0.3, -0.25) is 9.59 Å². The number of amides is 2. The number of nitrogens with two attached hydrogens (primary N) is 1. The van der Waals surface area contributed by atoms with Gasteiger partial charge in [-0.2, -0.15) is 0 Å². The molecule has 1 aliphatic rings. The molecule has 0 radical (unpaired) electrons. The van der Waals surface area contributed by atoms with Crippen molar-refractivity contribution in [1.29, 1.82) is 0 Å². The Bertz CT molecular complexity index is 482. The number of carbonyl (C=O) groups is 2. The Kier molecular flexibility index (Phi) is 7.91. The molecular formula is C16H24ClN3O2. The van der Waals surface area contributed by atoms with Crippen LogP contribution < -0.4 is 16.4 Å². The molecule has 1 aliphatic carbocycles. The Morgan fingerprint density at radius 3 is 2.55 bits per heavy atom. The average molecular weight is 326 g/mol. The second-order valence-corrected chi connectivity index (χ2v) is 5.54. The van der Waals surface area contributed by atoms with Crippen LogP contribution >= 0.6 is 12.4 Å². The van der Waals surface area contributed by atoms with E-state index in [0.29, 0.717) is 18.9 Å². The zero-order valence-electron chi connectivity index (χ0n) is 12.6. The zero-order valence-corrected chi connectivity index (χ0v) is 13.4. The van der Waals surface area contributed by atoms with E-state index in [2.05, 4.69) is 10.6 Å². The molecule has 4 N–H and O–H groups in total. The zero-order chi connectivity index (χ0) is 15.1. The van der Waals surface area contributed by atoms with E-state index in [9.17, 15) is 9.59 Å². The van der Waals surface area contributed by atoms with E-state index >= 15 is 0 Å². The first-order valence-corrected chi connectivity index (χ1v) is 7.49. The van der Waals surface area contributed by atoms with E-state index in [1.165, 1.54) is 0 Å². The first-order chi connectivity index (χ1) is 10.2. The quantitative estimate of drug-likeness (QED) is 0.730.